The largest absolute Gasteiger partial charge is 0.459 e. The summed E-state index contributed by atoms with van der Waals surface area (Å²) in [6, 6.07) is 11.8. The lowest BCUT2D eigenvalue weighted by Crippen LogP contribution is -2.49. The van der Waals surface area contributed by atoms with Gasteiger partial charge in [0.05, 0.1) is 6.26 Å². The van der Waals surface area contributed by atoms with Gasteiger partial charge in [-0.3, -0.25) is 14.4 Å². The summed E-state index contributed by atoms with van der Waals surface area (Å²) in [6.07, 6.45) is 1.74. The second-order valence-corrected chi connectivity index (χ2v) is 5.47. The predicted octanol–water partition coefficient (Wildman–Crippen LogP) is 0.873. The molecule has 1 unspecified atom stereocenters. The van der Waals surface area contributed by atoms with Crippen molar-refractivity contribution in [2.45, 2.75) is 19.4 Å². The molecule has 2 rings (SSSR count). The Hall–Kier alpha value is -3.09. The van der Waals surface area contributed by atoms with E-state index in [0.717, 1.165) is 5.56 Å². The molecule has 0 saturated carbocycles. The lowest BCUT2D eigenvalue weighted by molar-refractivity contribution is -0.123. The smallest absolute Gasteiger partial charge is 0.287 e. The topological polar surface area (TPSA) is 100 Å². The first kappa shape index (κ1) is 18.3. The SMILES string of the molecule is CC(=O)NCCNC(=O)C(Cc1ccccc1)NC(=O)c1ccco1. The number of hydrogen-bond acceptors (Lipinski definition) is 4. The molecule has 3 N–H and O–H groups in total. The second kappa shape index (κ2) is 9.27. The quantitative estimate of drug-likeness (QED) is 0.619. The number of carbonyl (C=O) groups excluding carboxylic acids is 3. The van der Waals surface area contributed by atoms with Gasteiger partial charge in [-0.2, -0.15) is 0 Å². The van der Waals surface area contributed by atoms with Crippen LogP contribution in [0.2, 0.25) is 0 Å². The molecule has 1 aromatic carbocycles. The number of carbonyl (C=O) groups is 3. The molecule has 1 atom stereocenters. The maximum Gasteiger partial charge on any atom is 0.287 e. The van der Waals surface area contributed by atoms with E-state index in [1.54, 1.807) is 6.07 Å². The summed E-state index contributed by atoms with van der Waals surface area (Å²) in [5.74, 6) is -0.803. The van der Waals surface area contributed by atoms with Crippen LogP contribution in [-0.2, 0) is 16.0 Å². The summed E-state index contributed by atoms with van der Waals surface area (Å²) in [5, 5.41) is 7.99. The van der Waals surface area contributed by atoms with Gasteiger partial charge in [0.2, 0.25) is 11.8 Å². The van der Waals surface area contributed by atoms with E-state index in [4.69, 9.17) is 4.42 Å². The number of hydrogen-bond donors (Lipinski definition) is 3. The van der Waals surface area contributed by atoms with Crippen molar-refractivity contribution < 1.29 is 18.8 Å². The number of rotatable bonds is 8. The zero-order chi connectivity index (χ0) is 18.1. The van der Waals surface area contributed by atoms with Gasteiger partial charge in [0.15, 0.2) is 5.76 Å². The van der Waals surface area contributed by atoms with Crippen molar-refractivity contribution in [2.24, 2.45) is 0 Å². The molecule has 3 amide bonds. The highest BCUT2D eigenvalue weighted by Crippen LogP contribution is 2.06. The number of furan rings is 1. The van der Waals surface area contributed by atoms with E-state index in [-0.39, 0.29) is 24.1 Å². The Kier molecular flexibility index (Phi) is 6.76. The van der Waals surface area contributed by atoms with Gasteiger partial charge in [0.25, 0.3) is 5.91 Å². The van der Waals surface area contributed by atoms with Crippen molar-refractivity contribution in [3.8, 4) is 0 Å². The highest BCUT2D eigenvalue weighted by atomic mass is 16.3. The van der Waals surface area contributed by atoms with Crippen LogP contribution in [0.5, 0.6) is 0 Å². The van der Waals surface area contributed by atoms with Gasteiger partial charge < -0.3 is 20.4 Å². The first-order valence-electron chi connectivity index (χ1n) is 7.96. The van der Waals surface area contributed by atoms with Crippen LogP contribution in [0.15, 0.2) is 53.1 Å². The summed E-state index contributed by atoms with van der Waals surface area (Å²) in [6.45, 7) is 2.01. The van der Waals surface area contributed by atoms with E-state index in [9.17, 15) is 14.4 Å². The van der Waals surface area contributed by atoms with Gasteiger partial charge in [0, 0.05) is 26.4 Å². The van der Waals surface area contributed by atoms with Crippen molar-refractivity contribution in [2.75, 3.05) is 13.1 Å². The third-order valence-electron chi connectivity index (χ3n) is 3.45. The fourth-order valence-corrected chi connectivity index (χ4v) is 2.24. The van der Waals surface area contributed by atoms with Crippen LogP contribution in [0.3, 0.4) is 0 Å². The Morgan fingerprint density at radius 2 is 1.72 bits per heavy atom. The highest BCUT2D eigenvalue weighted by Gasteiger charge is 2.22. The molecule has 0 bridgehead atoms. The molecule has 7 nitrogen and oxygen atoms in total. The van der Waals surface area contributed by atoms with Crippen LogP contribution in [0.25, 0.3) is 0 Å². The van der Waals surface area contributed by atoms with Crippen molar-refractivity contribution in [1.29, 1.82) is 0 Å². The van der Waals surface area contributed by atoms with E-state index in [0.29, 0.717) is 13.0 Å². The average molecular weight is 343 g/mol. The normalized spacial score (nSPS) is 11.4. The molecule has 1 aromatic heterocycles. The lowest BCUT2D eigenvalue weighted by Gasteiger charge is -2.18. The molecule has 0 fully saturated rings. The summed E-state index contributed by atoms with van der Waals surface area (Å²) < 4.78 is 5.06. The Morgan fingerprint density at radius 1 is 1.00 bits per heavy atom. The van der Waals surface area contributed by atoms with Crippen LogP contribution >= 0.6 is 0 Å². The molecule has 132 valence electrons. The van der Waals surface area contributed by atoms with E-state index < -0.39 is 11.9 Å². The molecule has 0 spiro atoms. The summed E-state index contributed by atoms with van der Waals surface area (Å²) >= 11 is 0. The molecule has 0 radical (unpaired) electrons. The van der Waals surface area contributed by atoms with Crippen molar-refractivity contribution >= 4 is 17.7 Å². The third kappa shape index (κ3) is 6.14. The van der Waals surface area contributed by atoms with Crippen LogP contribution < -0.4 is 16.0 Å². The maximum atomic E-state index is 12.4. The molecule has 0 aliphatic rings. The van der Waals surface area contributed by atoms with E-state index >= 15 is 0 Å². The van der Waals surface area contributed by atoms with E-state index in [1.165, 1.54) is 19.3 Å². The molecule has 2 aromatic rings. The van der Waals surface area contributed by atoms with Gasteiger partial charge in [-0.15, -0.1) is 0 Å². The Labute approximate surface area is 145 Å². The fraction of sp³-hybridized carbons (Fsp3) is 0.278. The van der Waals surface area contributed by atoms with Gasteiger partial charge in [0.1, 0.15) is 6.04 Å². The van der Waals surface area contributed by atoms with Gasteiger partial charge in [-0.1, -0.05) is 30.3 Å². The van der Waals surface area contributed by atoms with Crippen LogP contribution in [-0.4, -0.2) is 36.9 Å². The Morgan fingerprint density at radius 3 is 2.36 bits per heavy atom. The van der Waals surface area contributed by atoms with Crippen molar-refractivity contribution in [1.82, 2.24) is 16.0 Å². The van der Waals surface area contributed by atoms with Crippen LogP contribution in [0.4, 0.5) is 0 Å². The molecule has 0 saturated heterocycles. The molecular formula is C18H21N3O4. The monoisotopic (exact) mass is 343 g/mol. The van der Waals surface area contributed by atoms with Crippen LogP contribution in [0.1, 0.15) is 23.0 Å². The van der Waals surface area contributed by atoms with Gasteiger partial charge >= 0.3 is 0 Å². The third-order valence-corrected chi connectivity index (χ3v) is 3.45. The minimum atomic E-state index is -0.752. The van der Waals surface area contributed by atoms with E-state index in [1.807, 2.05) is 30.3 Å². The Bertz CT molecular complexity index is 698. The lowest BCUT2D eigenvalue weighted by atomic mass is 10.1. The number of benzene rings is 1. The fourth-order valence-electron chi connectivity index (χ4n) is 2.24. The highest BCUT2D eigenvalue weighted by molar-refractivity contribution is 5.95. The summed E-state index contributed by atoms with van der Waals surface area (Å²) in [7, 11) is 0. The second-order valence-electron chi connectivity index (χ2n) is 5.47. The van der Waals surface area contributed by atoms with Gasteiger partial charge in [-0.05, 0) is 17.7 Å². The maximum absolute atomic E-state index is 12.4. The minimum Gasteiger partial charge on any atom is -0.459 e. The van der Waals surface area contributed by atoms with Gasteiger partial charge in [-0.25, -0.2) is 0 Å². The molecule has 25 heavy (non-hydrogen) atoms. The molecule has 7 heteroatoms. The molecular weight excluding hydrogens is 322 g/mol. The molecule has 0 aliphatic carbocycles. The number of nitrogens with one attached hydrogen (secondary N) is 3. The Balaban J connectivity index is 1.99. The summed E-state index contributed by atoms with van der Waals surface area (Å²) in [4.78, 5) is 35.5. The standard InChI is InChI=1S/C18H21N3O4/c1-13(22)19-9-10-20-17(23)15(12-14-6-3-2-4-7-14)21-18(24)16-8-5-11-25-16/h2-8,11,15H,9-10,12H2,1H3,(H,19,22)(H,20,23)(H,21,24). The van der Waals surface area contributed by atoms with Crippen LogP contribution in [0, 0.1) is 0 Å². The minimum absolute atomic E-state index is 0.143. The summed E-state index contributed by atoms with van der Waals surface area (Å²) in [5.41, 5.74) is 0.921. The zero-order valence-corrected chi connectivity index (χ0v) is 14.0. The average Bonchev–Trinajstić information content (AvgIpc) is 3.13. The van der Waals surface area contributed by atoms with Crippen molar-refractivity contribution in [3.05, 3.63) is 60.1 Å². The predicted molar refractivity (Wildman–Crippen MR) is 91.8 cm³/mol. The van der Waals surface area contributed by atoms with E-state index in [2.05, 4.69) is 16.0 Å². The first-order chi connectivity index (χ1) is 12.1. The molecule has 0 aliphatic heterocycles. The molecule has 1 heterocycles. The number of amides is 3. The van der Waals surface area contributed by atoms with Crippen molar-refractivity contribution in [3.63, 3.8) is 0 Å². The zero-order valence-electron chi connectivity index (χ0n) is 14.0. The first-order valence-corrected chi connectivity index (χ1v) is 7.96.